The summed E-state index contributed by atoms with van der Waals surface area (Å²) in [6.07, 6.45) is 4.50. The third-order valence-corrected chi connectivity index (χ3v) is 4.52. The average Bonchev–Trinajstić information content (AvgIpc) is 3.11. The van der Waals surface area contributed by atoms with Crippen molar-refractivity contribution in [2.45, 2.75) is 32.4 Å². The molecule has 0 saturated carbocycles. The second kappa shape index (κ2) is 10.8. The molecule has 0 aliphatic heterocycles. The molecule has 0 aliphatic carbocycles. The van der Waals surface area contributed by atoms with Crippen LogP contribution in [-0.4, -0.2) is 59.0 Å². The van der Waals surface area contributed by atoms with Gasteiger partial charge in [-0.2, -0.15) is 5.10 Å². The van der Waals surface area contributed by atoms with Crippen LogP contribution in [0.4, 0.5) is 0 Å². The predicted molar refractivity (Wildman–Crippen MR) is 114 cm³/mol. The number of aliphatic imine (C=N–C) groups is 1. The average molecular weight is 387 g/mol. The van der Waals surface area contributed by atoms with Crippen LogP contribution >= 0.6 is 0 Å². The zero-order chi connectivity index (χ0) is 20.4. The van der Waals surface area contributed by atoms with Crippen LogP contribution in [0.5, 0.6) is 0 Å². The van der Waals surface area contributed by atoms with Crippen molar-refractivity contribution in [1.82, 2.24) is 25.3 Å². The summed E-state index contributed by atoms with van der Waals surface area (Å²) in [7, 11) is 3.97. The highest BCUT2D eigenvalue weighted by Gasteiger charge is 2.24. The summed E-state index contributed by atoms with van der Waals surface area (Å²) < 4.78 is 1.68. The molecule has 28 heavy (non-hydrogen) atoms. The van der Waals surface area contributed by atoms with Gasteiger partial charge in [0.05, 0.1) is 12.7 Å². The Morgan fingerprint density at radius 3 is 2.68 bits per heavy atom. The van der Waals surface area contributed by atoms with Gasteiger partial charge in [-0.05, 0) is 39.4 Å². The van der Waals surface area contributed by atoms with Gasteiger partial charge in [-0.25, -0.2) is 4.99 Å². The lowest BCUT2D eigenvalue weighted by atomic mass is 10.0. The maximum Gasteiger partial charge on any atom is 0.191 e. The largest absolute Gasteiger partial charge is 0.383 e. The molecule has 0 saturated heterocycles. The summed E-state index contributed by atoms with van der Waals surface area (Å²) in [5.41, 5.74) is 1.04. The number of aliphatic hydroxyl groups is 1. The lowest BCUT2D eigenvalue weighted by molar-refractivity contribution is 0.0672. The summed E-state index contributed by atoms with van der Waals surface area (Å²) in [5, 5.41) is 21.4. The van der Waals surface area contributed by atoms with E-state index in [-0.39, 0.29) is 6.54 Å². The molecule has 2 rings (SSSR count). The Kier molecular flexibility index (Phi) is 8.47. The summed E-state index contributed by atoms with van der Waals surface area (Å²) in [5.74, 6) is 0.720. The molecule has 1 unspecified atom stereocenters. The molecule has 1 heterocycles. The van der Waals surface area contributed by atoms with Crippen LogP contribution in [0.25, 0.3) is 0 Å². The van der Waals surface area contributed by atoms with Gasteiger partial charge in [0.25, 0.3) is 0 Å². The molecule has 0 radical (unpaired) electrons. The van der Waals surface area contributed by atoms with Crippen molar-refractivity contribution < 1.29 is 5.11 Å². The first-order valence-corrected chi connectivity index (χ1v) is 9.87. The molecule has 154 valence electrons. The molecule has 0 bridgehead atoms. The van der Waals surface area contributed by atoms with Crippen molar-refractivity contribution in [3.05, 3.63) is 53.9 Å². The second-order valence-electron chi connectivity index (χ2n) is 7.38. The molecule has 0 spiro atoms. The Balaban J connectivity index is 1.77. The molecule has 3 N–H and O–H groups in total. The lowest BCUT2D eigenvalue weighted by Gasteiger charge is -2.21. The highest BCUT2D eigenvalue weighted by molar-refractivity contribution is 5.79. The standard InChI is InChI=1S/C21H34N6O/c1-5-22-20(24-17-21(2,28)19-14-25-27(4)16-19)23-12-9-13-26(3)15-18-10-7-6-8-11-18/h6-8,10-11,14,16,28H,5,9,12-13,15,17H2,1-4H3,(H2,22,23,24). The first-order chi connectivity index (χ1) is 13.4. The Morgan fingerprint density at radius 1 is 1.29 bits per heavy atom. The van der Waals surface area contributed by atoms with Gasteiger partial charge < -0.3 is 20.6 Å². The number of nitrogens with one attached hydrogen (secondary N) is 2. The summed E-state index contributed by atoms with van der Waals surface area (Å²) >= 11 is 0. The number of benzene rings is 1. The Morgan fingerprint density at radius 2 is 2.04 bits per heavy atom. The molecule has 1 aromatic carbocycles. The molecule has 1 aromatic heterocycles. The van der Waals surface area contributed by atoms with Crippen molar-refractivity contribution in [2.24, 2.45) is 12.0 Å². The maximum absolute atomic E-state index is 10.7. The minimum atomic E-state index is -1.05. The van der Waals surface area contributed by atoms with Crippen LogP contribution in [-0.2, 0) is 19.2 Å². The zero-order valence-electron chi connectivity index (χ0n) is 17.5. The topological polar surface area (TPSA) is 77.7 Å². The molecule has 0 amide bonds. The van der Waals surface area contributed by atoms with E-state index in [9.17, 15) is 5.11 Å². The molecule has 1 atom stereocenters. The number of aryl methyl sites for hydroxylation is 1. The quantitative estimate of drug-likeness (QED) is 0.329. The van der Waals surface area contributed by atoms with E-state index >= 15 is 0 Å². The van der Waals surface area contributed by atoms with E-state index in [1.807, 2.05) is 26.2 Å². The second-order valence-corrected chi connectivity index (χ2v) is 7.38. The van der Waals surface area contributed by atoms with Crippen LogP contribution in [0.15, 0.2) is 47.7 Å². The number of hydrogen-bond donors (Lipinski definition) is 3. The van der Waals surface area contributed by atoms with Gasteiger partial charge in [0, 0.05) is 38.4 Å². The van der Waals surface area contributed by atoms with Gasteiger partial charge in [0.2, 0.25) is 0 Å². The summed E-state index contributed by atoms with van der Waals surface area (Å²) in [4.78, 5) is 6.86. The maximum atomic E-state index is 10.7. The van der Waals surface area contributed by atoms with E-state index in [0.717, 1.165) is 44.1 Å². The Labute approximate surface area is 168 Å². The van der Waals surface area contributed by atoms with E-state index in [2.05, 4.69) is 56.9 Å². The van der Waals surface area contributed by atoms with Gasteiger partial charge in [-0.1, -0.05) is 30.3 Å². The summed E-state index contributed by atoms with van der Waals surface area (Å²) in [6.45, 7) is 7.59. The number of hydrogen-bond acceptors (Lipinski definition) is 4. The molecule has 0 aliphatic rings. The van der Waals surface area contributed by atoms with Gasteiger partial charge in [0.15, 0.2) is 5.96 Å². The number of nitrogens with zero attached hydrogens (tertiary/aromatic N) is 4. The van der Waals surface area contributed by atoms with Gasteiger partial charge in [0.1, 0.15) is 5.60 Å². The highest BCUT2D eigenvalue weighted by atomic mass is 16.3. The number of aromatic nitrogens is 2. The third-order valence-electron chi connectivity index (χ3n) is 4.52. The molecule has 0 fully saturated rings. The van der Waals surface area contributed by atoms with Gasteiger partial charge in [-0.3, -0.25) is 4.68 Å². The number of guanidine groups is 1. The smallest absolute Gasteiger partial charge is 0.191 e. The third kappa shape index (κ3) is 7.32. The SMILES string of the molecule is CCNC(=NCC(C)(O)c1cnn(C)c1)NCCCN(C)Cc1ccccc1. The van der Waals surface area contributed by atoms with E-state index in [1.54, 1.807) is 17.8 Å². The predicted octanol–water partition coefficient (Wildman–Crippen LogP) is 1.70. The lowest BCUT2D eigenvalue weighted by Crippen LogP contribution is -2.40. The monoisotopic (exact) mass is 386 g/mol. The van der Waals surface area contributed by atoms with E-state index in [0.29, 0.717) is 0 Å². The fraction of sp³-hybridized carbons (Fsp3) is 0.524. The number of rotatable bonds is 10. The van der Waals surface area contributed by atoms with E-state index in [4.69, 9.17) is 0 Å². The summed E-state index contributed by atoms with van der Waals surface area (Å²) in [6, 6.07) is 10.5. The van der Waals surface area contributed by atoms with Crippen LogP contribution in [0.3, 0.4) is 0 Å². The Bertz CT molecular complexity index is 726. The molecule has 7 nitrogen and oxygen atoms in total. The first-order valence-electron chi connectivity index (χ1n) is 9.87. The minimum absolute atomic E-state index is 0.266. The highest BCUT2D eigenvalue weighted by Crippen LogP contribution is 2.19. The van der Waals surface area contributed by atoms with Crippen molar-refractivity contribution in [1.29, 1.82) is 0 Å². The fourth-order valence-corrected chi connectivity index (χ4v) is 2.90. The van der Waals surface area contributed by atoms with Gasteiger partial charge in [-0.15, -0.1) is 0 Å². The zero-order valence-corrected chi connectivity index (χ0v) is 17.5. The molecular formula is C21H34N6O. The van der Waals surface area contributed by atoms with Crippen LogP contribution < -0.4 is 10.6 Å². The normalized spacial score (nSPS) is 14.1. The molecular weight excluding hydrogens is 352 g/mol. The fourth-order valence-electron chi connectivity index (χ4n) is 2.90. The van der Waals surface area contributed by atoms with Crippen LogP contribution in [0, 0.1) is 0 Å². The molecule has 2 aromatic rings. The van der Waals surface area contributed by atoms with Crippen molar-refractivity contribution in [3.8, 4) is 0 Å². The van der Waals surface area contributed by atoms with Crippen LogP contribution in [0.2, 0.25) is 0 Å². The van der Waals surface area contributed by atoms with E-state index in [1.165, 1.54) is 5.56 Å². The van der Waals surface area contributed by atoms with Crippen LogP contribution in [0.1, 0.15) is 31.4 Å². The molecule has 7 heteroatoms. The van der Waals surface area contributed by atoms with Crippen molar-refractivity contribution in [3.63, 3.8) is 0 Å². The van der Waals surface area contributed by atoms with Gasteiger partial charge >= 0.3 is 0 Å². The van der Waals surface area contributed by atoms with Crippen molar-refractivity contribution >= 4 is 5.96 Å². The first kappa shape index (κ1) is 21.9. The Hall–Kier alpha value is -2.38. The van der Waals surface area contributed by atoms with Crippen molar-refractivity contribution in [2.75, 3.05) is 33.2 Å². The van der Waals surface area contributed by atoms with E-state index < -0.39 is 5.60 Å². The minimum Gasteiger partial charge on any atom is -0.383 e.